The average molecular weight is 498 g/mol. The lowest BCUT2D eigenvalue weighted by atomic mass is 10.1. The van der Waals surface area contributed by atoms with Crippen molar-refractivity contribution in [3.63, 3.8) is 0 Å². The Bertz CT molecular complexity index is 1160. The van der Waals surface area contributed by atoms with Gasteiger partial charge in [0.1, 0.15) is 11.6 Å². The van der Waals surface area contributed by atoms with E-state index in [0.717, 1.165) is 74.8 Å². The standard InChI is InChI=1S/C24H24F5N3OS/c25-17-4-6-18(20(26)14-17)23(33)30-7-1-2-8-31-9-11-32(12-10-31)21-15-34-22-13-16(24(27,28)29)3-5-19(21)22/h3-6,13-15H,1-2,7-12H2,(H,30,33). The van der Waals surface area contributed by atoms with Gasteiger partial charge in [-0.15, -0.1) is 11.3 Å². The van der Waals surface area contributed by atoms with E-state index in [1.54, 1.807) is 6.07 Å². The highest BCUT2D eigenvalue weighted by atomic mass is 32.1. The molecule has 0 bridgehead atoms. The van der Waals surface area contributed by atoms with Gasteiger partial charge in [-0.3, -0.25) is 9.69 Å². The molecule has 1 fully saturated rings. The monoisotopic (exact) mass is 497 g/mol. The van der Waals surface area contributed by atoms with Crippen LogP contribution in [-0.4, -0.2) is 50.1 Å². The number of benzene rings is 2. The van der Waals surface area contributed by atoms with Crippen LogP contribution < -0.4 is 10.2 Å². The molecule has 4 nitrogen and oxygen atoms in total. The molecule has 4 rings (SSSR count). The summed E-state index contributed by atoms with van der Waals surface area (Å²) in [6, 6.07) is 6.78. The number of unbranched alkanes of at least 4 members (excludes halogenated alkanes) is 1. The van der Waals surface area contributed by atoms with Gasteiger partial charge < -0.3 is 10.2 Å². The number of alkyl halides is 3. The number of fused-ring (bicyclic) bond motifs is 1. The molecule has 0 aliphatic carbocycles. The van der Waals surface area contributed by atoms with Crippen LogP contribution in [0.1, 0.15) is 28.8 Å². The van der Waals surface area contributed by atoms with E-state index in [4.69, 9.17) is 0 Å². The molecule has 1 aromatic heterocycles. The van der Waals surface area contributed by atoms with Crippen LogP contribution in [0, 0.1) is 11.6 Å². The average Bonchev–Trinajstić information content (AvgIpc) is 3.22. The summed E-state index contributed by atoms with van der Waals surface area (Å²) in [6.45, 7) is 4.50. The first-order chi connectivity index (χ1) is 16.2. The lowest BCUT2D eigenvalue weighted by molar-refractivity contribution is -0.137. The third-order valence-corrected chi connectivity index (χ3v) is 6.89. The van der Waals surface area contributed by atoms with Crippen LogP contribution in [0.15, 0.2) is 41.8 Å². The summed E-state index contributed by atoms with van der Waals surface area (Å²) >= 11 is 1.33. The molecule has 1 N–H and O–H groups in total. The van der Waals surface area contributed by atoms with Gasteiger partial charge in [0.2, 0.25) is 0 Å². The Morgan fingerprint density at radius 2 is 1.76 bits per heavy atom. The summed E-state index contributed by atoms with van der Waals surface area (Å²) in [5, 5.41) is 5.43. The minimum absolute atomic E-state index is 0.173. The van der Waals surface area contributed by atoms with Crippen LogP contribution in [0.5, 0.6) is 0 Å². The highest BCUT2D eigenvalue weighted by molar-refractivity contribution is 7.17. The molecular weight excluding hydrogens is 473 g/mol. The lowest BCUT2D eigenvalue weighted by Crippen LogP contribution is -2.46. The van der Waals surface area contributed by atoms with Gasteiger partial charge in [0, 0.05) is 54.3 Å². The highest BCUT2D eigenvalue weighted by Gasteiger charge is 2.31. The zero-order valence-corrected chi connectivity index (χ0v) is 19.1. The second-order valence-corrected chi connectivity index (χ2v) is 9.16. The van der Waals surface area contributed by atoms with Gasteiger partial charge in [-0.1, -0.05) is 6.07 Å². The predicted molar refractivity (Wildman–Crippen MR) is 123 cm³/mol. The van der Waals surface area contributed by atoms with Crippen molar-refractivity contribution >= 4 is 33.0 Å². The van der Waals surface area contributed by atoms with Gasteiger partial charge in [-0.25, -0.2) is 8.78 Å². The Morgan fingerprint density at radius 3 is 2.47 bits per heavy atom. The van der Waals surface area contributed by atoms with E-state index in [0.29, 0.717) is 17.3 Å². The van der Waals surface area contributed by atoms with Gasteiger partial charge >= 0.3 is 6.18 Å². The molecule has 0 spiro atoms. The largest absolute Gasteiger partial charge is 0.416 e. The molecule has 0 saturated carbocycles. The Balaban J connectivity index is 1.20. The lowest BCUT2D eigenvalue weighted by Gasteiger charge is -2.36. The molecule has 0 atom stereocenters. The normalized spacial score (nSPS) is 15.1. The van der Waals surface area contributed by atoms with E-state index >= 15 is 0 Å². The molecular formula is C24H24F5N3OS. The second kappa shape index (κ2) is 10.3. The number of halogens is 5. The molecule has 1 saturated heterocycles. The highest BCUT2D eigenvalue weighted by Crippen LogP contribution is 2.38. The Morgan fingerprint density at radius 1 is 1.00 bits per heavy atom. The fraction of sp³-hybridized carbons (Fsp3) is 0.375. The van der Waals surface area contributed by atoms with E-state index in [-0.39, 0.29) is 5.56 Å². The number of thiophene rings is 1. The third-order valence-electron chi connectivity index (χ3n) is 5.96. The van der Waals surface area contributed by atoms with Crippen molar-refractivity contribution in [2.24, 2.45) is 0 Å². The smallest absolute Gasteiger partial charge is 0.368 e. The number of carbonyl (C=O) groups is 1. The SMILES string of the molecule is O=C(NCCCCN1CCN(c2csc3cc(C(F)(F)F)ccc23)CC1)c1ccc(F)cc1F. The molecule has 34 heavy (non-hydrogen) atoms. The zero-order valence-electron chi connectivity index (χ0n) is 18.3. The third kappa shape index (κ3) is 5.67. The van der Waals surface area contributed by atoms with Crippen molar-refractivity contribution in [2.45, 2.75) is 19.0 Å². The van der Waals surface area contributed by atoms with Crippen molar-refractivity contribution in [2.75, 3.05) is 44.2 Å². The number of nitrogens with zero attached hydrogens (tertiary/aromatic N) is 2. The maximum atomic E-state index is 13.6. The summed E-state index contributed by atoms with van der Waals surface area (Å²) in [4.78, 5) is 16.5. The number of amides is 1. The molecule has 1 amide bonds. The van der Waals surface area contributed by atoms with Crippen LogP contribution in [-0.2, 0) is 6.18 Å². The predicted octanol–water partition coefficient (Wildman–Crippen LogP) is 5.53. The maximum Gasteiger partial charge on any atom is 0.416 e. The number of nitrogens with one attached hydrogen (secondary N) is 1. The van der Waals surface area contributed by atoms with E-state index in [1.807, 2.05) is 5.38 Å². The first-order valence-electron chi connectivity index (χ1n) is 11.0. The number of carbonyl (C=O) groups excluding carboxylic acids is 1. The Labute approximate surface area is 198 Å². The van der Waals surface area contributed by atoms with Gasteiger partial charge in [-0.05, 0) is 43.7 Å². The summed E-state index contributed by atoms with van der Waals surface area (Å²) in [5.41, 5.74) is 0.175. The topological polar surface area (TPSA) is 35.6 Å². The molecule has 10 heteroatoms. The minimum atomic E-state index is -4.34. The van der Waals surface area contributed by atoms with Crippen molar-refractivity contribution < 1.29 is 26.7 Å². The summed E-state index contributed by atoms with van der Waals surface area (Å²) in [7, 11) is 0. The van der Waals surface area contributed by atoms with Crippen molar-refractivity contribution in [3.8, 4) is 0 Å². The van der Waals surface area contributed by atoms with E-state index in [9.17, 15) is 26.7 Å². The first-order valence-corrected chi connectivity index (χ1v) is 11.9. The molecule has 0 radical (unpaired) electrons. The number of piperazine rings is 1. The molecule has 0 unspecified atom stereocenters. The maximum absolute atomic E-state index is 13.6. The van der Waals surface area contributed by atoms with Crippen LogP contribution in [0.2, 0.25) is 0 Å². The minimum Gasteiger partial charge on any atom is -0.368 e. The molecule has 3 aromatic rings. The van der Waals surface area contributed by atoms with Gasteiger partial charge in [-0.2, -0.15) is 13.2 Å². The number of hydrogen-bond donors (Lipinski definition) is 1. The van der Waals surface area contributed by atoms with Gasteiger partial charge in [0.15, 0.2) is 0 Å². The Kier molecular flexibility index (Phi) is 7.37. The number of anilines is 1. The van der Waals surface area contributed by atoms with Crippen molar-refractivity contribution in [1.29, 1.82) is 0 Å². The van der Waals surface area contributed by atoms with Crippen molar-refractivity contribution in [3.05, 3.63) is 64.5 Å². The second-order valence-electron chi connectivity index (χ2n) is 8.25. The molecule has 182 valence electrons. The molecule has 2 heterocycles. The van der Waals surface area contributed by atoms with E-state index < -0.39 is 29.3 Å². The number of hydrogen-bond acceptors (Lipinski definition) is 4. The Hall–Kier alpha value is -2.72. The first kappa shape index (κ1) is 24.4. The van der Waals surface area contributed by atoms with Crippen LogP contribution in [0.4, 0.5) is 27.6 Å². The molecule has 1 aliphatic heterocycles. The van der Waals surface area contributed by atoms with Crippen LogP contribution >= 0.6 is 11.3 Å². The van der Waals surface area contributed by atoms with Gasteiger partial charge in [0.25, 0.3) is 5.91 Å². The van der Waals surface area contributed by atoms with Crippen LogP contribution in [0.25, 0.3) is 10.1 Å². The van der Waals surface area contributed by atoms with E-state index in [2.05, 4.69) is 15.1 Å². The quantitative estimate of drug-likeness (QED) is 0.344. The van der Waals surface area contributed by atoms with E-state index in [1.165, 1.54) is 17.4 Å². The fourth-order valence-corrected chi connectivity index (χ4v) is 5.09. The summed E-state index contributed by atoms with van der Waals surface area (Å²) in [5.74, 6) is -2.16. The van der Waals surface area contributed by atoms with Crippen molar-refractivity contribution in [1.82, 2.24) is 10.2 Å². The summed E-state index contributed by atoms with van der Waals surface area (Å²) in [6.07, 6.45) is -2.76. The molecule has 1 aliphatic rings. The van der Waals surface area contributed by atoms with Crippen LogP contribution in [0.3, 0.4) is 0 Å². The fourth-order valence-electron chi connectivity index (χ4n) is 4.08. The molecule has 2 aromatic carbocycles. The summed E-state index contributed by atoms with van der Waals surface area (Å²) < 4.78 is 66.1. The number of rotatable bonds is 7. The zero-order chi connectivity index (χ0) is 24.3. The van der Waals surface area contributed by atoms with Gasteiger partial charge in [0.05, 0.1) is 16.8 Å².